The number of fused-ring (bicyclic) bond motifs is 3. The van der Waals surface area contributed by atoms with Crippen LogP contribution in [-0.4, -0.2) is 14.5 Å². The van der Waals surface area contributed by atoms with Crippen LogP contribution in [0.25, 0.3) is 33.8 Å². The molecule has 0 aliphatic carbocycles. The van der Waals surface area contributed by atoms with E-state index in [-0.39, 0.29) is 20.1 Å². The molecule has 0 N–H and O–H groups in total. The van der Waals surface area contributed by atoms with E-state index in [4.69, 9.17) is 0 Å². The number of rotatable bonds is 2. The van der Waals surface area contributed by atoms with Crippen molar-refractivity contribution in [3.05, 3.63) is 121 Å². The molecule has 4 heteroatoms. The number of hydrogen-bond acceptors (Lipinski definition) is 2. The van der Waals surface area contributed by atoms with Crippen LogP contribution in [0.4, 0.5) is 0 Å². The van der Waals surface area contributed by atoms with Crippen LogP contribution in [0.5, 0.6) is 0 Å². The fourth-order valence-corrected chi connectivity index (χ4v) is 3.75. The maximum absolute atomic E-state index is 4.49. The number of imidazole rings is 1. The van der Waals surface area contributed by atoms with Crippen molar-refractivity contribution in [2.45, 2.75) is 13.0 Å². The summed E-state index contributed by atoms with van der Waals surface area (Å²) in [5.41, 5.74) is 6.83. The van der Waals surface area contributed by atoms with Gasteiger partial charge in [0.1, 0.15) is 0 Å². The predicted molar refractivity (Wildman–Crippen MR) is 124 cm³/mol. The minimum absolute atomic E-state index is 0. The molecule has 0 unspecified atom stereocenters. The molecule has 0 atom stereocenters. The number of pyridine rings is 1. The molecule has 0 saturated heterocycles. The summed E-state index contributed by atoms with van der Waals surface area (Å²) in [7, 11) is 0. The van der Waals surface area contributed by atoms with E-state index in [1.54, 1.807) is 0 Å². The van der Waals surface area contributed by atoms with Crippen molar-refractivity contribution in [3.8, 4) is 33.8 Å². The van der Waals surface area contributed by atoms with Crippen LogP contribution < -0.4 is 0 Å². The van der Waals surface area contributed by atoms with Gasteiger partial charge in [0.15, 0.2) is 0 Å². The minimum Gasteiger partial charge on any atom is -0.371 e. The van der Waals surface area contributed by atoms with Gasteiger partial charge in [-0.25, -0.2) is 0 Å². The Kier molecular flexibility index (Phi) is 7.06. The van der Waals surface area contributed by atoms with Crippen LogP contribution in [0.1, 0.15) is 5.56 Å². The number of aryl methyl sites for hydroxylation is 2. The molecule has 3 aromatic carbocycles. The first kappa shape index (κ1) is 21.9. The fraction of sp³-hybridized carbons (Fsp3) is 0.0714. The number of aromatic nitrogens is 3. The molecule has 0 bridgehead atoms. The Morgan fingerprint density at radius 1 is 0.750 bits per heavy atom. The maximum atomic E-state index is 4.49. The molecule has 32 heavy (non-hydrogen) atoms. The minimum atomic E-state index is 0. The normalized spacial score (nSPS) is 11.2. The van der Waals surface area contributed by atoms with Gasteiger partial charge in [0, 0.05) is 45.2 Å². The van der Waals surface area contributed by atoms with Gasteiger partial charge < -0.3 is 9.55 Å². The Balaban J connectivity index is 0.000000155. The summed E-state index contributed by atoms with van der Waals surface area (Å²) in [5, 5.41) is 0. The van der Waals surface area contributed by atoms with Gasteiger partial charge in [-0.2, -0.15) is 0 Å². The van der Waals surface area contributed by atoms with Gasteiger partial charge in [-0.3, -0.25) is 4.98 Å². The van der Waals surface area contributed by atoms with E-state index in [0.717, 1.165) is 35.6 Å². The largest absolute Gasteiger partial charge is 0.371 e. The summed E-state index contributed by atoms with van der Waals surface area (Å²) in [6.07, 6.45) is 6.88. The first-order valence-electron chi connectivity index (χ1n) is 10.4. The second-order valence-corrected chi connectivity index (χ2v) is 7.34. The van der Waals surface area contributed by atoms with Crippen molar-refractivity contribution < 1.29 is 20.1 Å². The second kappa shape index (κ2) is 10.3. The fourth-order valence-electron chi connectivity index (χ4n) is 3.75. The molecule has 1 radical (unpaired) electrons. The average molecular weight is 592 g/mol. The number of hydrogen-bond donors (Lipinski definition) is 0. The van der Waals surface area contributed by atoms with Crippen LogP contribution in [0.15, 0.2) is 104 Å². The van der Waals surface area contributed by atoms with Crippen molar-refractivity contribution in [1.29, 1.82) is 0 Å². The Morgan fingerprint density at radius 3 is 2.38 bits per heavy atom. The zero-order valence-corrected chi connectivity index (χ0v) is 19.8. The van der Waals surface area contributed by atoms with Gasteiger partial charge in [-0.15, -0.1) is 71.3 Å². The molecular formula is C28H21IrN3-2. The molecule has 0 spiro atoms. The molecule has 1 aliphatic rings. The third-order valence-electron chi connectivity index (χ3n) is 5.36. The molecule has 1 aliphatic heterocycles. The van der Waals surface area contributed by atoms with Crippen molar-refractivity contribution in [2.24, 2.45) is 0 Å². The van der Waals surface area contributed by atoms with Crippen LogP contribution in [0.3, 0.4) is 0 Å². The van der Waals surface area contributed by atoms with Gasteiger partial charge in [-0.1, -0.05) is 42.5 Å². The van der Waals surface area contributed by atoms with Gasteiger partial charge in [-0.05, 0) is 23.2 Å². The third kappa shape index (κ3) is 4.77. The summed E-state index contributed by atoms with van der Waals surface area (Å²) in [5.74, 6) is 1.06. The van der Waals surface area contributed by atoms with Crippen LogP contribution in [0.2, 0.25) is 0 Å². The summed E-state index contributed by atoms with van der Waals surface area (Å²) >= 11 is 0. The van der Waals surface area contributed by atoms with Crippen molar-refractivity contribution in [1.82, 2.24) is 14.5 Å². The zero-order chi connectivity index (χ0) is 20.9. The van der Waals surface area contributed by atoms with E-state index in [1.807, 2.05) is 79.3 Å². The molecule has 3 nitrogen and oxygen atoms in total. The Labute approximate surface area is 202 Å². The quantitative estimate of drug-likeness (QED) is 0.232. The third-order valence-corrected chi connectivity index (χ3v) is 5.36. The maximum Gasteiger partial charge on any atom is 0.0560 e. The molecule has 3 heterocycles. The molecule has 5 aromatic rings. The predicted octanol–water partition coefficient (Wildman–Crippen LogP) is 6.12. The Morgan fingerprint density at radius 2 is 1.59 bits per heavy atom. The molecule has 6 rings (SSSR count). The molecule has 0 saturated carbocycles. The number of benzene rings is 3. The van der Waals surface area contributed by atoms with E-state index in [9.17, 15) is 0 Å². The van der Waals surface area contributed by atoms with Crippen molar-refractivity contribution >= 4 is 0 Å². The van der Waals surface area contributed by atoms with Gasteiger partial charge in [0.25, 0.3) is 0 Å². The molecular weight excluding hydrogens is 571 g/mol. The van der Waals surface area contributed by atoms with Crippen molar-refractivity contribution in [3.63, 3.8) is 0 Å². The number of nitrogens with zero attached hydrogens (tertiary/aromatic N) is 3. The summed E-state index contributed by atoms with van der Waals surface area (Å²) in [4.78, 5) is 8.82. The monoisotopic (exact) mass is 592 g/mol. The smallest absolute Gasteiger partial charge is 0.0560 e. The molecule has 0 amide bonds. The molecule has 2 aromatic heterocycles. The molecule has 0 fully saturated rings. The van der Waals surface area contributed by atoms with Gasteiger partial charge in [0.2, 0.25) is 0 Å². The standard InChI is InChI=1S/C17H12N.C11H9N2.Ir/c1-3-7-14(8-4-1)16-11-12-17(18-13-16)15-9-5-2-6-10-15;1-2-4-10-9(3-1)5-7-13-8-6-12-11(10)13;/h1-9,11-13H;1-3,6,8H,5,7H2;/q2*-1;. The summed E-state index contributed by atoms with van der Waals surface area (Å²) in [6.45, 7) is 1.04. The van der Waals surface area contributed by atoms with Crippen LogP contribution in [-0.2, 0) is 33.1 Å². The van der Waals surface area contributed by atoms with Gasteiger partial charge in [0.05, 0.1) is 5.82 Å². The Hall–Kier alpha value is -3.33. The first-order valence-corrected chi connectivity index (χ1v) is 10.4. The SMILES string of the molecule is [Ir].[c-]1cccc2c1-c1nccn1CC2.[c-]1ccccc1-c1ccc(-c2ccccc2)cn1. The topological polar surface area (TPSA) is 30.7 Å². The average Bonchev–Trinajstić information content (AvgIpc) is 3.35. The first-order chi connectivity index (χ1) is 15.4. The zero-order valence-electron chi connectivity index (χ0n) is 17.4. The van der Waals surface area contributed by atoms with E-state index in [2.05, 4.69) is 50.9 Å². The summed E-state index contributed by atoms with van der Waals surface area (Å²) < 4.78 is 2.18. The van der Waals surface area contributed by atoms with Crippen molar-refractivity contribution in [2.75, 3.05) is 0 Å². The van der Waals surface area contributed by atoms with E-state index in [1.165, 1.54) is 16.7 Å². The molecule has 159 valence electrons. The van der Waals surface area contributed by atoms with Gasteiger partial charge >= 0.3 is 0 Å². The van der Waals surface area contributed by atoms with Crippen LogP contribution in [0, 0.1) is 12.1 Å². The van der Waals surface area contributed by atoms with E-state index in [0.29, 0.717) is 0 Å². The van der Waals surface area contributed by atoms with E-state index >= 15 is 0 Å². The second-order valence-electron chi connectivity index (χ2n) is 7.34. The van der Waals surface area contributed by atoms with E-state index < -0.39 is 0 Å². The Bertz CT molecular complexity index is 1200. The van der Waals surface area contributed by atoms with Crippen LogP contribution >= 0.6 is 0 Å². The summed E-state index contributed by atoms with van der Waals surface area (Å²) in [6, 6.07) is 34.9.